The van der Waals surface area contributed by atoms with Crippen molar-refractivity contribution in [1.29, 1.82) is 5.26 Å². The minimum Gasteiger partial charge on any atom is -0.456 e. The number of nitrogens with one attached hydrogen (secondary N) is 2. The van der Waals surface area contributed by atoms with Gasteiger partial charge in [0.05, 0.1) is 23.8 Å². The number of hydrogen-bond donors (Lipinski definition) is 2. The van der Waals surface area contributed by atoms with Crippen LogP contribution in [-0.2, 0) is 30.8 Å². The molecule has 8 nitrogen and oxygen atoms in total. The fourth-order valence-corrected chi connectivity index (χ4v) is 5.07. The minimum absolute atomic E-state index is 0.145. The molecule has 9 heteroatoms. The molecule has 0 aliphatic heterocycles. The third-order valence-corrected chi connectivity index (χ3v) is 7.44. The summed E-state index contributed by atoms with van der Waals surface area (Å²) in [6.45, 7) is 8.65. The van der Waals surface area contributed by atoms with E-state index in [1.807, 2.05) is 26.8 Å². The number of carbonyl (C=O) groups is 2. The summed E-state index contributed by atoms with van der Waals surface area (Å²) in [5.41, 5.74) is 5.60. The number of sulfonamides is 1. The van der Waals surface area contributed by atoms with Gasteiger partial charge in [-0.2, -0.15) is 5.26 Å². The van der Waals surface area contributed by atoms with E-state index in [9.17, 15) is 18.0 Å². The highest BCUT2D eigenvalue weighted by atomic mass is 32.2. The number of ether oxygens (including phenoxy) is 1. The number of hydrogen-bond acceptors (Lipinski definition) is 6. The first-order valence-electron chi connectivity index (χ1n) is 10.5. The van der Waals surface area contributed by atoms with E-state index < -0.39 is 28.5 Å². The van der Waals surface area contributed by atoms with Crippen molar-refractivity contribution in [2.45, 2.75) is 52.4 Å². The number of nitrogens with zero attached hydrogens (tertiary/aromatic N) is 1. The largest absolute Gasteiger partial charge is 0.456 e. The third-order valence-electron chi connectivity index (χ3n) is 5.71. The van der Waals surface area contributed by atoms with Crippen LogP contribution >= 0.6 is 0 Å². The van der Waals surface area contributed by atoms with Gasteiger partial charge in [0.15, 0.2) is 6.61 Å². The lowest BCUT2D eigenvalue weighted by Crippen LogP contribution is -2.29. The number of anilines is 1. The van der Waals surface area contributed by atoms with E-state index in [0.717, 1.165) is 22.3 Å². The van der Waals surface area contributed by atoms with E-state index in [-0.39, 0.29) is 24.3 Å². The number of benzene rings is 2. The maximum atomic E-state index is 12.9. The molecule has 0 bridgehead atoms. The quantitative estimate of drug-likeness (QED) is 0.541. The Kier molecular flexibility index (Phi) is 8.74. The van der Waals surface area contributed by atoms with Crippen molar-refractivity contribution < 1.29 is 22.7 Å². The van der Waals surface area contributed by atoms with Crippen LogP contribution in [-0.4, -0.2) is 33.4 Å². The summed E-state index contributed by atoms with van der Waals surface area (Å²) < 4.78 is 33.1. The smallest absolute Gasteiger partial charge is 0.307 e. The first-order chi connectivity index (χ1) is 15.5. The molecule has 0 saturated carbocycles. The van der Waals surface area contributed by atoms with Gasteiger partial charge in [-0.05, 0) is 80.1 Å². The predicted octanol–water partition coefficient (Wildman–Crippen LogP) is 3.15. The Balaban J connectivity index is 1.87. The van der Waals surface area contributed by atoms with Crippen molar-refractivity contribution in [3.05, 3.63) is 57.6 Å². The van der Waals surface area contributed by atoms with Crippen molar-refractivity contribution in [2.75, 3.05) is 18.5 Å². The van der Waals surface area contributed by atoms with Gasteiger partial charge in [-0.25, -0.2) is 13.1 Å². The maximum absolute atomic E-state index is 12.9. The molecular weight excluding hydrogens is 442 g/mol. The molecule has 0 aliphatic carbocycles. The molecule has 1 amide bonds. The van der Waals surface area contributed by atoms with Gasteiger partial charge < -0.3 is 10.1 Å². The Morgan fingerprint density at radius 2 is 1.48 bits per heavy atom. The lowest BCUT2D eigenvalue weighted by atomic mass is 9.95. The predicted molar refractivity (Wildman–Crippen MR) is 125 cm³/mol. The van der Waals surface area contributed by atoms with Crippen molar-refractivity contribution in [3.8, 4) is 6.07 Å². The highest BCUT2D eigenvalue weighted by Gasteiger charge is 2.23. The average Bonchev–Trinajstić information content (AvgIpc) is 2.76. The molecule has 2 rings (SSSR count). The van der Waals surface area contributed by atoms with Crippen molar-refractivity contribution in [1.82, 2.24) is 4.72 Å². The number of esters is 1. The van der Waals surface area contributed by atoms with Gasteiger partial charge in [-0.3, -0.25) is 9.59 Å². The van der Waals surface area contributed by atoms with Crippen LogP contribution in [0.5, 0.6) is 0 Å². The molecule has 0 spiro atoms. The normalized spacial score (nSPS) is 11.0. The highest BCUT2D eigenvalue weighted by Crippen LogP contribution is 2.29. The van der Waals surface area contributed by atoms with E-state index >= 15 is 0 Å². The molecule has 0 aliphatic rings. The van der Waals surface area contributed by atoms with E-state index in [1.165, 1.54) is 0 Å². The van der Waals surface area contributed by atoms with E-state index in [0.29, 0.717) is 16.8 Å². The van der Waals surface area contributed by atoms with Crippen molar-refractivity contribution in [3.63, 3.8) is 0 Å². The summed E-state index contributed by atoms with van der Waals surface area (Å²) in [5, 5.41) is 11.3. The Morgan fingerprint density at radius 3 is 2.03 bits per heavy atom. The first kappa shape index (κ1) is 26.0. The molecule has 176 valence electrons. The Hall–Kier alpha value is -3.22. The second-order valence-electron chi connectivity index (χ2n) is 7.84. The molecule has 0 atom stereocenters. The monoisotopic (exact) mass is 471 g/mol. The second-order valence-corrected chi connectivity index (χ2v) is 9.55. The molecule has 0 aromatic heterocycles. The lowest BCUT2D eigenvalue weighted by Gasteiger charge is -2.19. The third kappa shape index (κ3) is 6.63. The van der Waals surface area contributed by atoms with Gasteiger partial charge in [0.25, 0.3) is 5.91 Å². The van der Waals surface area contributed by atoms with E-state index in [1.54, 1.807) is 38.1 Å². The van der Waals surface area contributed by atoms with Crippen LogP contribution in [0.1, 0.15) is 39.8 Å². The average molecular weight is 472 g/mol. The zero-order chi connectivity index (χ0) is 24.8. The Labute approximate surface area is 195 Å². The molecule has 2 aromatic rings. The van der Waals surface area contributed by atoms with Gasteiger partial charge in [-0.1, -0.05) is 12.1 Å². The Morgan fingerprint density at radius 1 is 0.939 bits per heavy atom. The van der Waals surface area contributed by atoms with Crippen LogP contribution in [0.2, 0.25) is 0 Å². The van der Waals surface area contributed by atoms with E-state index in [2.05, 4.69) is 10.0 Å². The van der Waals surface area contributed by atoms with Crippen LogP contribution in [0.15, 0.2) is 29.2 Å². The summed E-state index contributed by atoms with van der Waals surface area (Å²) in [6.07, 6.45) is 0.0646. The molecule has 2 N–H and O–H groups in total. The first-order valence-corrected chi connectivity index (χ1v) is 11.9. The van der Waals surface area contributed by atoms with Crippen LogP contribution in [0.3, 0.4) is 0 Å². The summed E-state index contributed by atoms with van der Waals surface area (Å²) in [4.78, 5) is 24.2. The van der Waals surface area contributed by atoms with Crippen molar-refractivity contribution in [2.24, 2.45) is 0 Å². The van der Waals surface area contributed by atoms with Gasteiger partial charge in [0, 0.05) is 12.2 Å². The molecule has 0 radical (unpaired) electrons. The zero-order valence-corrected chi connectivity index (χ0v) is 20.4. The molecule has 0 heterocycles. The number of amides is 1. The van der Waals surface area contributed by atoms with Gasteiger partial charge in [0.1, 0.15) is 0 Å². The molecule has 0 fully saturated rings. The number of nitriles is 1. The van der Waals surface area contributed by atoms with Crippen LogP contribution in [0, 0.1) is 45.9 Å². The highest BCUT2D eigenvalue weighted by molar-refractivity contribution is 7.89. The number of carbonyl (C=O) groups excluding carboxylic acids is 2. The van der Waals surface area contributed by atoms with Crippen LogP contribution < -0.4 is 10.0 Å². The molecular formula is C24H29N3O5S. The molecule has 0 unspecified atom stereocenters. The van der Waals surface area contributed by atoms with E-state index in [4.69, 9.17) is 10.00 Å². The molecule has 0 saturated heterocycles. The van der Waals surface area contributed by atoms with Crippen LogP contribution in [0.4, 0.5) is 5.69 Å². The maximum Gasteiger partial charge on any atom is 0.307 e. The second kappa shape index (κ2) is 11.1. The fourth-order valence-electron chi connectivity index (χ4n) is 3.44. The standard InChI is InChI=1S/C24H29N3O5S/c1-15-16(2)18(4)24(19(5)17(15)3)33(30,31)26-13-11-23(29)32-14-22(28)27-21-8-6-20(7-9-21)10-12-25/h6-9,26H,10-11,13-14H2,1-5H3,(H,27,28). The topological polar surface area (TPSA) is 125 Å². The summed E-state index contributed by atoms with van der Waals surface area (Å²) in [7, 11) is -3.82. The minimum atomic E-state index is -3.82. The summed E-state index contributed by atoms with van der Waals surface area (Å²) in [5.74, 6) is -1.21. The van der Waals surface area contributed by atoms with Gasteiger partial charge in [-0.15, -0.1) is 0 Å². The van der Waals surface area contributed by atoms with Crippen LogP contribution in [0.25, 0.3) is 0 Å². The SMILES string of the molecule is Cc1c(C)c(C)c(S(=O)(=O)NCCC(=O)OCC(=O)Nc2ccc(CC#N)cc2)c(C)c1C. The zero-order valence-electron chi connectivity index (χ0n) is 19.5. The summed E-state index contributed by atoms with van der Waals surface area (Å²) in [6, 6.07) is 8.78. The van der Waals surface area contributed by atoms with Gasteiger partial charge in [0.2, 0.25) is 10.0 Å². The van der Waals surface area contributed by atoms with Crippen molar-refractivity contribution >= 4 is 27.6 Å². The Bertz CT molecular complexity index is 1170. The van der Waals surface area contributed by atoms with Gasteiger partial charge >= 0.3 is 5.97 Å². The molecule has 2 aromatic carbocycles. The fraction of sp³-hybridized carbons (Fsp3) is 0.375. The number of rotatable bonds is 9. The summed E-state index contributed by atoms with van der Waals surface area (Å²) >= 11 is 0. The molecule has 33 heavy (non-hydrogen) atoms. The lowest BCUT2D eigenvalue weighted by molar-refractivity contribution is -0.147.